The van der Waals surface area contributed by atoms with Crippen LogP contribution in [-0.4, -0.2) is 34.6 Å². The number of sulfone groups is 1. The Morgan fingerprint density at radius 2 is 2.00 bits per heavy atom. The topological polar surface area (TPSA) is 137 Å². The van der Waals surface area contributed by atoms with E-state index in [1.807, 2.05) is 0 Å². The van der Waals surface area contributed by atoms with E-state index in [-0.39, 0.29) is 15.8 Å². The Morgan fingerprint density at radius 3 is 2.65 bits per heavy atom. The van der Waals surface area contributed by atoms with Crippen molar-refractivity contribution >= 4 is 27.1 Å². The molecular weight excluding hydrogens is 380 g/mol. The van der Waals surface area contributed by atoms with Crippen LogP contribution in [0.25, 0.3) is 11.4 Å². The van der Waals surface area contributed by atoms with Crippen LogP contribution in [0.4, 0.5) is 0 Å². The van der Waals surface area contributed by atoms with Crippen LogP contribution in [0.1, 0.15) is 16.1 Å². The number of carboxylic acid groups (broad SMARTS) is 1. The highest BCUT2D eigenvalue weighted by Gasteiger charge is 2.19. The number of hydrogen-bond donors (Lipinski definition) is 3. The van der Waals surface area contributed by atoms with Gasteiger partial charge in [0.25, 0.3) is 5.56 Å². The Morgan fingerprint density at radius 1 is 1.23 bits per heavy atom. The third kappa shape index (κ3) is 3.51. The van der Waals surface area contributed by atoms with E-state index in [4.69, 9.17) is 5.11 Å². The average molecular weight is 392 g/mol. The Kier molecular flexibility index (Phi) is 4.62. The molecule has 0 radical (unpaired) electrons. The van der Waals surface area contributed by atoms with E-state index in [0.29, 0.717) is 11.1 Å². The highest BCUT2D eigenvalue weighted by atomic mass is 32.2. The number of aromatic carboxylic acids is 1. The monoisotopic (exact) mass is 392 g/mol. The van der Waals surface area contributed by atoms with Crippen LogP contribution < -0.4 is 5.56 Å². The van der Waals surface area contributed by atoms with Gasteiger partial charge in [0.15, 0.2) is 15.5 Å². The molecule has 0 aliphatic carbocycles. The smallest absolute Gasteiger partial charge is 0.358 e. The number of hydrogen-bond acceptors (Lipinski definition) is 7. The van der Waals surface area contributed by atoms with E-state index in [1.54, 1.807) is 29.6 Å². The van der Waals surface area contributed by atoms with Gasteiger partial charge in [-0.15, -0.1) is 11.3 Å². The quantitative estimate of drug-likeness (QED) is 0.603. The molecule has 0 aliphatic rings. The molecule has 8 nitrogen and oxygen atoms in total. The van der Waals surface area contributed by atoms with Gasteiger partial charge < -0.3 is 15.2 Å². The average Bonchev–Trinajstić information content (AvgIpc) is 3.12. The van der Waals surface area contributed by atoms with Crippen LogP contribution in [-0.2, 0) is 15.6 Å². The van der Waals surface area contributed by atoms with Gasteiger partial charge in [0.2, 0.25) is 5.75 Å². The fourth-order valence-corrected chi connectivity index (χ4v) is 4.72. The number of H-pyrrole nitrogens is 1. The summed E-state index contributed by atoms with van der Waals surface area (Å²) in [7, 11) is -3.51. The maximum Gasteiger partial charge on any atom is 0.358 e. The second-order valence-corrected chi connectivity index (χ2v) is 8.47. The molecule has 0 atom stereocenters. The van der Waals surface area contributed by atoms with Crippen molar-refractivity contribution in [3.63, 3.8) is 0 Å². The number of carboxylic acids is 1. The molecule has 0 unspecified atom stereocenters. The minimum Gasteiger partial charge on any atom is -0.501 e. The summed E-state index contributed by atoms with van der Waals surface area (Å²) in [6.45, 7) is 0. The summed E-state index contributed by atoms with van der Waals surface area (Å²) in [4.78, 5) is 28.8. The molecule has 0 saturated heterocycles. The summed E-state index contributed by atoms with van der Waals surface area (Å²) in [6.07, 6.45) is 0. The summed E-state index contributed by atoms with van der Waals surface area (Å²) >= 11 is 1.12. The van der Waals surface area contributed by atoms with Crippen molar-refractivity contribution in [1.82, 2.24) is 9.97 Å². The summed E-state index contributed by atoms with van der Waals surface area (Å²) in [5.41, 5.74) is -1.00. The first-order valence-corrected chi connectivity index (χ1v) is 9.73. The molecule has 0 aliphatic heterocycles. The maximum atomic E-state index is 12.4. The van der Waals surface area contributed by atoms with Gasteiger partial charge in [0, 0.05) is 5.56 Å². The molecule has 3 N–H and O–H groups in total. The van der Waals surface area contributed by atoms with Crippen LogP contribution >= 0.6 is 11.3 Å². The highest BCUT2D eigenvalue weighted by Crippen LogP contribution is 2.24. The Labute approximate surface area is 151 Å². The number of nitrogens with one attached hydrogen (secondary N) is 1. The summed E-state index contributed by atoms with van der Waals surface area (Å²) in [6, 6.07) is 9.37. The molecule has 2 aromatic heterocycles. The van der Waals surface area contributed by atoms with E-state index in [2.05, 4.69) is 9.97 Å². The number of carbonyl (C=O) groups is 1. The fourth-order valence-electron chi connectivity index (χ4n) is 2.29. The molecular formula is C16H12N2O6S2. The van der Waals surface area contributed by atoms with Crippen LogP contribution in [0.5, 0.6) is 5.75 Å². The standard InChI is InChI=1S/C16H12N2O6S2/c19-13-12(16(21)22)17-14(18-15(13)20)10-4-1-3-9(7-10)8-26(23,24)11-5-2-6-25-11/h1-7,19H,8H2,(H,21,22)(H,17,18,20). The van der Waals surface area contributed by atoms with E-state index in [1.165, 1.54) is 12.1 Å². The molecule has 3 rings (SSSR count). The number of thiophene rings is 1. The molecule has 0 fully saturated rings. The number of nitrogens with zero attached hydrogens (tertiary/aromatic N) is 1. The van der Waals surface area contributed by atoms with Gasteiger partial charge in [0.1, 0.15) is 10.0 Å². The summed E-state index contributed by atoms with van der Waals surface area (Å²) in [5.74, 6) is -2.88. The first kappa shape index (κ1) is 17.8. The van der Waals surface area contributed by atoms with Crippen molar-refractivity contribution in [1.29, 1.82) is 0 Å². The zero-order valence-corrected chi connectivity index (χ0v) is 14.7. The van der Waals surface area contributed by atoms with Crippen molar-refractivity contribution in [2.24, 2.45) is 0 Å². The van der Waals surface area contributed by atoms with Crippen molar-refractivity contribution in [3.8, 4) is 17.1 Å². The zero-order valence-electron chi connectivity index (χ0n) is 13.0. The van der Waals surface area contributed by atoms with Gasteiger partial charge in [-0.25, -0.2) is 18.2 Å². The van der Waals surface area contributed by atoms with E-state index in [9.17, 15) is 23.1 Å². The second kappa shape index (κ2) is 6.73. The van der Waals surface area contributed by atoms with Crippen molar-refractivity contribution in [2.75, 3.05) is 0 Å². The Balaban J connectivity index is 2.01. The summed E-state index contributed by atoms with van der Waals surface area (Å²) in [5, 5.41) is 20.2. The van der Waals surface area contributed by atoms with Gasteiger partial charge in [-0.1, -0.05) is 24.3 Å². The zero-order chi connectivity index (χ0) is 18.9. The molecule has 2 heterocycles. The summed E-state index contributed by atoms with van der Waals surface area (Å²) < 4.78 is 25.0. The molecule has 0 bridgehead atoms. The maximum absolute atomic E-state index is 12.4. The first-order chi connectivity index (χ1) is 12.3. The molecule has 3 aromatic rings. The lowest BCUT2D eigenvalue weighted by Gasteiger charge is -2.07. The molecule has 0 saturated carbocycles. The van der Waals surface area contributed by atoms with Gasteiger partial charge in [-0.3, -0.25) is 4.79 Å². The van der Waals surface area contributed by atoms with Gasteiger partial charge in [0.05, 0.1) is 5.75 Å². The number of rotatable bonds is 5. The largest absolute Gasteiger partial charge is 0.501 e. The minimum absolute atomic E-state index is 0.0828. The molecule has 134 valence electrons. The predicted molar refractivity (Wildman–Crippen MR) is 94.1 cm³/mol. The lowest BCUT2D eigenvalue weighted by molar-refractivity contribution is 0.0686. The molecule has 1 aromatic carbocycles. The molecule has 26 heavy (non-hydrogen) atoms. The third-order valence-corrected chi connectivity index (χ3v) is 6.63. The van der Waals surface area contributed by atoms with Gasteiger partial charge >= 0.3 is 5.97 Å². The van der Waals surface area contributed by atoms with Crippen molar-refractivity contribution in [3.05, 3.63) is 63.4 Å². The molecule has 0 spiro atoms. The normalized spacial score (nSPS) is 11.4. The lowest BCUT2D eigenvalue weighted by atomic mass is 10.1. The van der Waals surface area contributed by atoms with E-state index < -0.39 is 32.8 Å². The lowest BCUT2D eigenvalue weighted by Crippen LogP contribution is -2.15. The van der Waals surface area contributed by atoms with E-state index >= 15 is 0 Å². The second-order valence-electron chi connectivity index (χ2n) is 5.31. The number of aromatic hydroxyl groups is 1. The Hall–Kier alpha value is -2.98. The van der Waals surface area contributed by atoms with Crippen LogP contribution in [0.3, 0.4) is 0 Å². The SMILES string of the molecule is O=C(O)c1nc(-c2cccc(CS(=O)(=O)c3cccs3)c2)[nH]c(=O)c1O. The number of aromatic amines is 1. The molecule has 10 heteroatoms. The van der Waals surface area contributed by atoms with E-state index in [0.717, 1.165) is 11.3 Å². The van der Waals surface area contributed by atoms with Crippen LogP contribution in [0.15, 0.2) is 50.8 Å². The van der Waals surface area contributed by atoms with Gasteiger partial charge in [-0.05, 0) is 23.1 Å². The molecule has 0 amide bonds. The Bertz CT molecular complexity index is 1130. The van der Waals surface area contributed by atoms with Crippen molar-refractivity contribution < 1.29 is 23.4 Å². The van der Waals surface area contributed by atoms with Crippen LogP contribution in [0.2, 0.25) is 0 Å². The minimum atomic E-state index is -3.51. The van der Waals surface area contributed by atoms with Gasteiger partial charge in [-0.2, -0.15) is 0 Å². The predicted octanol–water partition coefficient (Wildman–Crippen LogP) is 1.88. The first-order valence-electron chi connectivity index (χ1n) is 7.20. The number of benzene rings is 1. The third-order valence-electron chi connectivity index (χ3n) is 3.46. The highest BCUT2D eigenvalue weighted by molar-refractivity contribution is 7.92. The van der Waals surface area contributed by atoms with Crippen LogP contribution in [0, 0.1) is 0 Å². The fraction of sp³-hybridized carbons (Fsp3) is 0.0625. The number of aromatic nitrogens is 2. The van der Waals surface area contributed by atoms with Crippen molar-refractivity contribution in [2.45, 2.75) is 9.96 Å².